The van der Waals surface area contributed by atoms with Gasteiger partial charge in [0.15, 0.2) is 0 Å². The molecule has 0 bridgehead atoms. The molecular weight excluding hydrogens is 260 g/mol. The van der Waals surface area contributed by atoms with E-state index < -0.39 is 0 Å². The van der Waals surface area contributed by atoms with Crippen molar-refractivity contribution in [2.45, 2.75) is 38.6 Å². The smallest absolute Gasteiger partial charge is 0.251 e. The summed E-state index contributed by atoms with van der Waals surface area (Å²) >= 11 is 5.96. The molecule has 4 heteroatoms. The number of halogens is 1. The third-order valence-corrected chi connectivity index (χ3v) is 4.21. The summed E-state index contributed by atoms with van der Waals surface area (Å²) in [5.41, 5.74) is 7.40. The van der Waals surface area contributed by atoms with Crippen molar-refractivity contribution in [3.05, 3.63) is 34.3 Å². The lowest BCUT2D eigenvalue weighted by molar-refractivity contribution is 0.0907. The molecule has 1 saturated carbocycles. The van der Waals surface area contributed by atoms with E-state index in [0.29, 0.717) is 23.0 Å². The summed E-state index contributed by atoms with van der Waals surface area (Å²) < 4.78 is 0. The van der Waals surface area contributed by atoms with Gasteiger partial charge in [-0.25, -0.2) is 0 Å². The molecule has 1 aliphatic carbocycles. The lowest BCUT2D eigenvalue weighted by Crippen LogP contribution is -2.44. The second-order valence-electron chi connectivity index (χ2n) is 5.32. The third-order valence-electron chi connectivity index (χ3n) is 3.97. The number of hydrogen-bond donors (Lipinski definition) is 2. The molecule has 104 valence electrons. The number of hydrogen-bond acceptors (Lipinski definition) is 2. The summed E-state index contributed by atoms with van der Waals surface area (Å²) in [6.07, 6.45) is 4.50. The van der Waals surface area contributed by atoms with Crippen LogP contribution in [0.5, 0.6) is 0 Å². The first kappa shape index (κ1) is 14.4. The average molecular weight is 281 g/mol. The fraction of sp³-hybridized carbons (Fsp3) is 0.533. The molecular formula is C15H21ClN2O. The second-order valence-corrected chi connectivity index (χ2v) is 5.76. The molecule has 1 aliphatic rings. The van der Waals surface area contributed by atoms with Crippen molar-refractivity contribution < 1.29 is 4.79 Å². The summed E-state index contributed by atoms with van der Waals surface area (Å²) in [6.45, 7) is 2.56. The van der Waals surface area contributed by atoms with Gasteiger partial charge < -0.3 is 11.1 Å². The van der Waals surface area contributed by atoms with Gasteiger partial charge in [-0.2, -0.15) is 0 Å². The number of rotatable bonds is 3. The number of amides is 1. The van der Waals surface area contributed by atoms with Crippen LogP contribution in [0.25, 0.3) is 0 Å². The van der Waals surface area contributed by atoms with E-state index in [1.165, 1.54) is 6.42 Å². The molecule has 2 unspecified atom stereocenters. The molecule has 0 saturated heterocycles. The largest absolute Gasteiger partial charge is 0.349 e. The SMILES string of the molecule is Cc1ccc(Cl)cc1C(=O)NC1CCCCC1CN. The molecule has 0 spiro atoms. The maximum absolute atomic E-state index is 12.3. The first-order chi connectivity index (χ1) is 9.11. The topological polar surface area (TPSA) is 55.1 Å². The van der Waals surface area contributed by atoms with Crippen molar-refractivity contribution in [1.29, 1.82) is 0 Å². The van der Waals surface area contributed by atoms with Crippen LogP contribution in [-0.2, 0) is 0 Å². The molecule has 19 heavy (non-hydrogen) atoms. The number of nitrogens with two attached hydrogens (primary N) is 1. The summed E-state index contributed by atoms with van der Waals surface area (Å²) in [5, 5.41) is 3.72. The standard InChI is InChI=1S/C15H21ClN2O/c1-10-6-7-12(16)8-13(10)15(19)18-14-5-3-2-4-11(14)9-17/h6-8,11,14H,2-5,9,17H2,1H3,(H,18,19). The molecule has 1 aromatic carbocycles. The lowest BCUT2D eigenvalue weighted by atomic mass is 9.84. The van der Waals surface area contributed by atoms with E-state index in [-0.39, 0.29) is 11.9 Å². The Morgan fingerprint density at radius 1 is 1.42 bits per heavy atom. The first-order valence-electron chi connectivity index (χ1n) is 6.89. The minimum absolute atomic E-state index is 0.0367. The lowest BCUT2D eigenvalue weighted by Gasteiger charge is -2.31. The van der Waals surface area contributed by atoms with Crippen molar-refractivity contribution in [3.8, 4) is 0 Å². The molecule has 3 N–H and O–H groups in total. The van der Waals surface area contributed by atoms with E-state index in [1.807, 2.05) is 13.0 Å². The highest BCUT2D eigenvalue weighted by molar-refractivity contribution is 6.31. The summed E-state index contributed by atoms with van der Waals surface area (Å²) in [5.74, 6) is 0.363. The zero-order valence-corrected chi connectivity index (χ0v) is 12.0. The third kappa shape index (κ3) is 3.48. The van der Waals surface area contributed by atoms with Gasteiger partial charge in [0.1, 0.15) is 0 Å². The van der Waals surface area contributed by atoms with Gasteiger partial charge in [0.25, 0.3) is 5.91 Å². The van der Waals surface area contributed by atoms with Crippen molar-refractivity contribution in [1.82, 2.24) is 5.32 Å². The Kier molecular flexibility index (Phi) is 4.83. The maximum atomic E-state index is 12.3. The minimum atomic E-state index is -0.0367. The fourth-order valence-corrected chi connectivity index (χ4v) is 2.94. The van der Waals surface area contributed by atoms with Crippen LogP contribution >= 0.6 is 11.6 Å². The quantitative estimate of drug-likeness (QED) is 0.894. The van der Waals surface area contributed by atoms with E-state index in [4.69, 9.17) is 17.3 Å². The van der Waals surface area contributed by atoms with Crippen LogP contribution in [0.3, 0.4) is 0 Å². The van der Waals surface area contributed by atoms with Crippen LogP contribution in [0.2, 0.25) is 5.02 Å². The molecule has 1 amide bonds. The molecule has 1 aromatic rings. The molecule has 0 heterocycles. The average Bonchev–Trinajstić information content (AvgIpc) is 2.42. The zero-order chi connectivity index (χ0) is 13.8. The summed E-state index contributed by atoms with van der Waals surface area (Å²) in [7, 11) is 0. The van der Waals surface area contributed by atoms with Gasteiger partial charge in [0.2, 0.25) is 0 Å². The highest BCUT2D eigenvalue weighted by Gasteiger charge is 2.26. The Morgan fingerprint density at radius 3 is 2.89 bits per heavy atom. The van der Waals surface area contributed by atoms with Crippen LogP contribution in [0.1, 0.15) is 41.6 Å². The number of benzene rings is 1. The van der Waals surface area contributed by atoms with E-state index in [2.05, 4.69) is 5.32 Å². The molecule has 2 rings (SSSR count). The van der Waals surface area contributed by atoms with Crippen LogP contribution in [0.4, 0.5) is 0 Å². The van der Waals surface area contributed by atoms with Crippen LogP contribution in [-0.4, -0.2) is 18.5 Å². The minimum Gasteiger partial charge on any atom is -0.349 e. The normalized spacial score (nSPS) is 23.1. The van der Waals surface area contributed by atoms with E-state index in [9.17, 15) is 4.79 Å². The Balaban J connectivity index is 2.09. The predicted octanol–water partition coefficient (Wildman–Crippen LogP) is 2.90. The van der Waals surface area contributed by atoms with Gasteiger partial charge in [-0.15, -0.1) is 0 Å². The zero-order valence-electron chi connectivity index (χ0n) is 11.3. The van der Waals surface area contributed by atoms with Crippen LogP contribution in [0, 0.1) is 12.8 Å². The molecule has 0 aliphatic heterocycles. The Labute approximate surface area is 119 Å². The fourth-order valence-electron chi connectivity index (χ4n) is 2.76. The van der Waals surface area contributed by atoms with Gasteiger partial charge in [-0.3, -0.25) is 4.79 Å². The molecule has 1 fully saturated rings. The van der Waals surface area contributed by atoms with Gasteiger partial charge >= 0.3 is 0 Å². The number of aryl methyl sites for hydroxylation is 1. The first-order valence-corrected chi connectivity index (χ1v) is 7.26. The Morgan fingerprint density at radius 2 is 2.16 bits per heavy atom. The van der Waals surface area contributed by atoms with Crippen LogP contribution in [0.15, 0.2) is 18.2 Å². The van der Waals surface area contributed by atoms with Crippen molar-refractivity contribution >= 4 is 17.5 Å². The highest BCUT2D eigenvalue weighted by atomic mass is 35.5. The monoisotopic (exact) mass is 280 g/mol. The summed E-state index contributed by atoms with van der Waals surface area (Å²) in [6, 6.07) is 5.60. The molecule has 0 aromatic heterocycles. The Bertz CT molecular complexity index is 461. The van der Waals surface area contributed by atoms with E-state index in [0.717, 1.165) is 24.8 Å². The predicted molar refractivity (Wildman–Crippen MR) is 78.5 cm³/mol. The molecule has 0 radical (unpaired) electrons. The highest BCUT2D eigenvalue weighted by Crippen LogP contribution is 2.24. The second kappa shape index (κ2) is 6.40. The number of carbonyl (C=O) groups is 1. The van der Waals surface area contributed by atoms with Crippen molar-refractivity contribution in [2.75, 3.05) is 6.54 Å². The summed E-state index contributed by atoms with van der Waals surface area (Å²) in [4.78, 5) is 12.3. The van der Waals surface area contributed by atoms with Gasteiger partial charge in [0, 0.05) is 16.6 Å². The van der Waals surface area contributed by atoms with Gasteiger partial charge in [-0.05, 0) is 49.9 Å². The molecule has 2 atom stereocenters. The number of carbonyl (C=O) groups excluding carboxylic acids is 1. The van der Waals surface area contributed by atoms with Crippen molar-refractivity contribution in [2.24, 2.45) is 11.7 Å². The van der Waals surface area contributed by atoms with Crippen LogP contribution < -0.4 is 11.1 Å². The number of nitrogens with one attached hydrogen (secondary N) is 1. The van der Waals surface area contributed by atoms with Gasteiger partial charge in [-0.1, -0.05) is 30.5 Å². The van der Waals surface area contributed by atoms with Crippen molar-refractivity contribution in [3.63, 3.8) is 0 Å². The van der Waals surface area contributed by atoms with E-state index >= 15 is 0 Å². The van der Waals surface area contributed by atoms with Gasteiger partial charge in [0.05, 0.1) is 0 Å². The Hall–Kier alpha value is -1.06. The molecule has 3 nitrogen and oxygen atoms in total. The maximum Gasteiger partial charge on any atom is 0.251 e. The van der Waals surface area contributed by atoms with E-state index in [1.54, 1.807) is 12.1 Å².